The molecular formula is C16H25N3O. The average Bonchev–Trinajstić information content (AvgIpc) is 3.23. The Morgan fingerprint density at radius 2 is 1.90 bits per heavy atom. The zero-order chi connectivity index (χ0) is 14.1. The smallest absolute Gasteiger partial charge is 0.257 e. The van der Waals surface area contributed by atoms with Gasteiger partial charge in [0.25, 0.3) is 5.91 Å². The molecule has 1 aromatic heterocycles. The molecule has 20 heavy (non-hydrogen) atoms. The van der Waals surface area contributed by atoms with Crippen LogP contribution in [-0.4, -0.2) is 33.6 Å². The Morgan fingerprint density at radius 3 is 2.45 bits per heavy atom. The summed E-state index contributed by atoms with van der Waals surface area (Å²) in [6.45, 7) is 4.81. The van der Waals surface area contributed by atoms with Crippen molar-refractivity contribution in [3.63, 3.8) is 0 Å². The fraction of sp³-hybridized carbons (Fsp3) is 0.750. The molecule has 0 atom stereocenters. The summed E-state index contributed by atoms with van der Waals surface area (Å²) in [5.74, 6) is 0.905. The monoisotopic (exact) mass is 275 g/mol. The lowest BCUT2D eigenvalue weighted by Crippen LogP contribution is -2.38. The van der Waals surface area contributed by atoms with E-state index in [0.29, 0.717) is 12.0 Å². The summed E-state index contributed by atoms with van der Waals surface area (Å²) in [6, 6.07) is 0.484. The number of carbonyl (C=O) groups is 1. The highest BCUT2D eigenvalue weighted by Gasteiger charge is 2.36. The van der Waals surface area contributed by atoms with Crippen molar-refractivity contribution in [2.45, 2.75) is 64.8 Å². The van der Waals surface area contributed by atoms with Crippen molar-refractivity contribution in [3.05, 3.63) is 17.0 Å². The van der Waals surface area contributed by atoms with Crippen LogP contribution >= 0.6 is 0 Å². The standard InChI is InChI=1S/C16H25N3O/c1-11-15(12(2)18-17-11)16(20)19(14-8-9-14)10-13-6-4-3-5-7-13/h13-14H,3-10H2,1-2H3,(H,17,18). The normalized spacial score (nSPS) is 20.1. The molecule has 0 radical (unpaired) electrons. The molecule has 1 amide bonds. The van der Waals surface area contributed by atoms with Crippen molar-refractivity contribution in [1.29, 1.82) is 0 Å². The zero-order valence-corrected chi connectivity index (χ0v) is 12.6. The summed E-state index contributed by atoms with van der Waals surface area (Å²) in [5.41, 5.74) is 2.54. The number of nitrogens with one attached hydrogen (secondary N) is 1. The highest BCUT2D eigenvalue weighted by Crippen LogP contribution is 2.33. The highest BCUT2D eigenvalue weighted by atomic mass is 16.2. The van der Waals surface area contributed by atoms with Crippen molar-refractivity contribution in [3.8, 4) is 0 Å². The van der Waals surface area contributed by atoms with Crippen LogP contribution in [0.5, 0.6) is 0 Å². The quantitative estimate of drug-likeness (QED) is 0.917. The van der Waals surface area contributed by atoms with Gasteiger partial charge in [0.05, 0.1) is 11.3 Å². The van der Waals surface area contributed by atoms with E-state index < -0.39 is 0 Å². The van der Waals surface area contributed by atoms with Crippen LogP contribution in [0.2, 0.25) is 0 Å². The van der Waals surface area contributed by atoms with Gasteiger partial charge < -0.3 is 4.90 Å². The van der Waals surface area contributed by atoms with Gasteiger partial charge in [0, 0.05) is 18.3 Å². The summed E-state index contributed by atoms with van der Waals surface area (Å²) in [6.07, 6.45) is 8.97. The number of aryl methyl sites for hydroxylation is 2. The van der Waals surface area contributed by atoms with Gasteiger partial charge in [0.1, 0.15) is 0 Å². The molecule has 0 spiro atoms. The molecule has 0 aliphatic heterocycles. The van der Waals surface area contributed by atoms with E-state index in [9.17, 15) is 4.79 Å². The number of amides is 1. The van der Waals surface area contributed by atoms with Gasteiger partial charge >= 0.3 is 0 Å². The molecular weight excluding hydrogens is 250 g/mol. The van der Waals surface area contributed by atoms with Crippen molar-refractivity contribution in [2.24, 2.45) is 5.92 Å². The molecule has 0 saturated heterocycles. The molecule has 4 nitrogen and oxygen atoms in total. The number of rotatable bonds is 4. The van der Waals surface area contributed by atoms with E-state index in [-0.39, 0.29) is 5.91 Å². The molecule has 0 unspecified atom stereocenters. The van der Waals surface area contributed by atoms with Crippen LogP contribution in [0.15, 0.2) is 0 Å². The lowest BCUT2D eigenvalue weighted by molar-refractivity contribution is 0.0697. The van der Waals surface area contributed by atoms with Gasteiger partial charge in [-0.05, 0) is 45.4 Å². The Balaban J connectivity index is 1.74. The van der Waals surface area contributed by atoms with Crippen molar-refractivity contribution in [1.82, 2.24) is 15.1 Å². The Bertz CT molecular complexity index is 464. The molecule has 3 rings (SSSR count). The van der Waals surface area contributed by atoms with Crippen LogP contribution in [0, 0.1) is 19.8 Å². The lowest BCUT2D eigenvalue weighted by Gasteiger charge is -2.30. The van der Waals surface area contributed by atoms with Crippen LogP contribution in [0.3, 0.4) is 0 Å². The minimum absolute atomic E-state index is 0.196. The number of aromatic amines is 1. The largest absolute Gasteiger partial charge is 0.335 e. The highest BCUT2D eigenvalue weighted by molar-refractivity contribution is 5.96. The molecule has 1 aromatic rings. The van der Waals surface area contributed by atoms with Crippen LogP contribution in [-0.2, 0) is 0 Å². The maximum Gasteiger partial charge on any atom is 0.257 e. The number of hydrogen-bond donors (Lipinski definition) is 1. The molecule has 1 heterocycles. The zero-order valence-electron chi connectivity index (χ0n) is 12.6. The average molecular weight is 275 g/mol. The van der Waals surface area contributed by atoms with Crippen LogP contribution < -0.4 is 0 Å². The molecule has 4 heteroatoms. The third-order valence-electron chi connectivity index (χ3n) is 4.77. The second kappa shape index (κ2) is 5.58. The SMILES string of the molecule is Cc1n[nH]c(C)c1C(=O)N(CC1CCCCC1)C1CC1. The number of hydrogen-bond acceptors (Lipinski definition) is 2. The molecule has 2 aliphatic rings. The van der Waals surface area contributed by atoms with Crippen LogP contribution in [0.1, 0.15) is 66.7 Å². The fourth-order valence-corrected chi connectivity index (χ4v) is 3.44. The molecule has 2 fully saturated rings. The second-order valence-corrected chi connectivity index (χ2v) is 6.50. The van der Waals surface area contributed by atoms with Crippen LogP contribution in [0.4, 0.5) is 0 Å². The van der Waals surface area contributed by atoms with Crippen LogP contribution in [0.25, 0.3) is 0 Å². The third-order valence-corrected chi connectivity index (χ3v) is 4.77. The number of H-pyrrole nitrogens is 1. The maximum atomic E-state index is 12.9. The fourth-order valence-electron chi connectivity index (χ4n) is 3.44. The van der Waals surface area contributed by atoms with Gasteiger partial charge in [-0.15, -0.1) is 0 Å². The maximum absolute atomic E-state index is 12.9. The van der Waals surface area contributed by atoms with Crippen molar-refractivity contribution in [2.75, 3.05) is 6.54 Å². The lowest BCUT2D eigenvalue weighted by atomic mass is 9.88. The van der Waals surface area contributed by atoms with E-state index in [2.05, 4.69) is 15.1 Å². The first-order valence-electron chi connectivity index (χ1n) is 7.99. The summed E-state index contributed by atoms with van der Waals surface area (Å²) < 4.78 is 0. The molecule has 2 saturated carbocycles. The summed E-state index contributed by atoms with van der Waals surface area (Å²) >= 11 is 0. The van der Waals surface area contributed by atoms with Gasteiger partial charge in [0.15, 0.2) is 0 Å². The first-order valence-corrected chi connectivity index (χ1v) is 7.99. The molecule has 2 aliphatic carbocycles. The number of aromatic nitrogens is 2. The van der Waals surface area contributed by atoms with E-state index in [1.165, 1.54) is 44.9 Å². The first-order chi connectivity index (χ1) is 9.66. The van der Waals surface area contributed by atoms with Gasteiger partial charge in [-0.2, -0.15) is 5.10 Å². The number of nitrogens with zero attached hydrogens (tertiary/aromatic N) is 2. The van der Waals surface area contributed by atoms with E-state index in [0.717, 1.165) is 23.5 Å². The van der Waals surface area contributed by atoms with Gasteiger partial charge in [-0.25, -0.2) is 0 Å². The van der Waals surface area contributed by atoms with E-state index in [1.807, 2.05) is 13.8 Å². The first kappa shape index (κ1) is 13.7. The van der Waals surface area contributed by atoms with E-state index >= 15 is 0 Å². The molecule has 1 N–H and O–H groups in total. The minimum Gasteiger partial charge on any atom is -0.335 e. The summed E-state index contributed by atoms with van der Waals surface area (Å²) in [7, 11) is 0. The van der Waals surface area contributed by atoms with Gasteiger partial charge in [-0.1, -0.05) is 19.3 Å². The van der Waals surface area contributed by atoms with E-state index in [4.69, 9.17) is 0 Å². The van der Waals surface area contributed by atoms with Crippen molar-refractivity contribution < 1.29 is 4.79 Å². The Hall–Kier alpha value is -1.32. The Labute approximate surface area is 120 Å². The predicted octanol–water partition coefficient (Wildman–Crippen LogP) is 3.21. The van der Waals surface area contributed by atoms with E-state index in [1.54, 1.807) is 0 Å². The third kappa shape index (κ3) is 2.74. The molecule has 110 valence electrons. The summed E-state index contributed by atoms with van der Waals surface area (Å²) in [5, 5.41) is 7.11. The van der Waals surface area contributed by atoms with Gasteiger partial charge in [-0.3, -0.25) is 9.89 Å². The topological polar surface area (TPSA) is 49.0 Å². The predicted molar refractivity (Wildman–Crippen MR) is 78.7 cm³/mol. The Kier molecular flexibility index (Phi) is 3.81. The second-order valence-electron chi connectivity index (χ2n) is 6.50. The molecule has 0 bridgehead atoms. The summed E-state index contributed by atoms with van der Waals surface area (Å²) in [4.78, 5) is 15.0. The minimum atomic E-state index is 0.196. The van der Waals surface area contributed by atoms with Crippen molar-refractivity contribution >= 4 is 5.91 Å². The number of carbonyl (C=O) groups excluding carboxylic acids is 1. The molecule has 0 aromatic carbocycles. The van der Waals surface area contributed by atoms with Gasteiger partial charge in [0.2, 0.25) is 0 Å². The Morgan fingerprint density at radius 1 is 1.20 bits per heavy atom.